The van der Waals surface area contributed by atoms with Gasteiger partial charge in [0.05, 0.1) is 0 Å². The van der Waals surface area contributed by atoms with E-state index in [0.717, 1.165) is 18.8 Å². The first-order chi connectivity index (χ1) is 9.19. The van der Waals surface area contributed by atoms with E-state index in [4.69, 9.17) is 5.73 Å². The van der Waals surface area contributed by atoms with E-state index < -0.39 is 0 Å². The third-order valence-electron chi connectivity index (χ3n) is 3.78. The number of aryl methyl sites for hydroxylation is 1. The molecule has 0 heterocycles. The van der Waals surface area contributed by atoms with Crippen LogP contribution in [0.2, 0.25) is 0 Å². The van der Waals surface area contributed by atoms with E-state index >= 15 is 0 Å². The number of benzene rings is 1. The first-order valence-electron chi connectivity index (χ1n) is 7.80. The van der Waals surface area contributed by atoms with Crippen molar-refractivity contribution in [3.8, 4) is 0 Å². The molecule has 0 aliphatic heterocycles. The van der Waals surface area contributed by atoms with Crippen molar-refractivity contribution in [1.29, 1.82) is 0 Å². The Balaban J connectivity index is 2.38. The van der Waals surface area contributed by atoms with Gasteiger partial charge in [-0.25, -0.2) is 0 Å². The Morgan fingerprint density at radius 3 is 2.32 bits per heavy atom. The van der Waals surface area contributed by atoms with Gasteiger partial charge in [0.15, 0.2) is 0 Å². The number of nitrogen functional groups attached to an aromatic ring is 1. The van der Waals surface area contributed by atoms with E-state index in [2.05, 4.69) is 37.8 Å². The van der Waals surface area contributed by atoms with E-state index in [1.807, 2.05) is 6.07 Å². The molecule has 0 atom stereocenters. The second-order valence-electron chi connectivity index (χ2n) is 5.39. The highest BCUT2D eigenvalue weighted by molar-refractivity contribution is 5.57. The van der Waals surface area contributed by atoms with Crippen LogP contribution >= 0.6 is 0 Å². The van der Waals surface area contributed by atoms with Crippen LogP contribution in [0.3, 0.4) is 0 Å². The quantitative estimate of drug-likeness (QED) is 0.513. The molecule has 0 radical (unpaired) electrons. The Labute approximate surface area is 119 Å². The van der Waals surface area contributed by atoms with Crippen LogP contribution in [0.5, 0.6) is 0 Å². The van der Waals surface area contributed by atoms with Crippen molar-refractivity contribution < 1.29 is 0 Å². The van der Waals surface area contributed by atoms with Gasteiger partial charge in [0.25, 0.3) is 0 Å². The van der Waals surface area contributed by atoms with Gasteiger partial charge in [-0.1, -0.05) is 39.0 Å². The summed E-state index contributed by atoms with van der Waals surface area (Å²) in [5.74, 6) is 0. The normalized spacial score (nSPS) is 10.7. The molecule has 1 aromatic carbocycles. The van der Waals surface area contributed by atoms with Crippen molar-refractivity contribution >= 4 is 11.4 Å². The summed E-state index contributed by atoms with van der Waals surface area (Å²) in [4.78, 5) is 2.45. The van der Waals surface area contributed by atoms with Crippen molar-refractivity contribution in [2.24, 2.45) is 0 Å². The average molecular weight is 262 g/mol. The lowest BCUT2D eigenvalue weighted by atomic mass is 10.1. The second-order valence-corrected chi connectivity index (χ2v) is 5.39. The number of nitrogens with two attached hydrogens (primary N) is 1. The van der Waals surface area contributed by atoms with Crippen LogP contribution in [0.4, 0.5) is 11.4 Å². The zero-order valence-electron chi connectivity index (χ0n) is 12.9. The first kappa shape index (κ1) is 15.9. The first-order valence-corrected chi connectivity index (χ1v) is 7.80. The minimum Gasteiger partial charge on any atom is -0.399 e. The lowest BCUT2D eigenvalue weighted by Gasteiger charge is -2.24. The maximum atomic E-state index is 5.88. The highest BCUT2D eigenvalue weighted by Crippen LogP contribution is 2.21. The lowest BCUT2D eigenvalue weighted by Crippen LogP contribution is -2.24. The molecule has 0 spiro atoms. The fourth-order valence-corrected chi connectivity index (χ4v) is 2.41. The number of hydrogen-bond acceptors (Lipinski definition) is 2. The number of rotatable bonds is 9. The van der Waals surface area contributed by atoms with Crippen molar-refractivity contribution in [3.63, 3.8) is 0 Å². The Morgan fingerprint density at radius 1 is 1.00 bits per heavy atom. The van der Waals surface area contributed by atoms with Gasteiger partial charge in [0.2, 0.25) is 0 Å². The molecule has 1 rings (SSSR count). The Hall–Kier alpha value is -1.18. The minimum absolute atomic E-state index is 0.888. The summed E-state index contributed by atoms with van der Waals surface area (Å²) in [5.41, 5.74) is 9.26. The summed E-state index contributed by atoms with van der Waals surface area (Å²) in [5, 5.41) is 0. The van der Waals surface area contributed by atoms with Gasteiger partial charge in [-0.3, -0.25) is 0 Å². The SMILES string of the molecule is CCCCCCCCN(CC)c1ccc(N)c(C)c1. The van der Waals surface area contributed by atoms with Crippen molar-refractivity contribution in [3.05, 3.63) is 23.8 Å². The molecule has 2 heteroatoms. The third kappa shape index (κ3) is 5.54. The molecule has 108 valence electrons. The molecule has 19 heavy (non-hydrogen) atoms. The smallest absolute Gasteiger partial charge is 0.0370 e. The van der Waals surface area contributed by atoms with Gasteiger partial charge in [-0.2, -0.15) is 0 Å². The van der Waals surface area contributed by atoms with E-state index in [9.17, 15) is 0 Å². The molecule has 0 saturated carbocycles. The average Bonchev–Trinajstić information content (AvgIpc) is 2.41. The third-order valence-corrected chi connectivity index (χ3v) is 3.78. The monoisotopic (exact) mass is 262 g/mol. The Kier molecular flexibility index (Phi) is 7.39. The molecule has 0 amide bonds. The van der Waals surface area contributed by atoms with E-state index in [-0.39, 0.29) is 0 Å². The zero-order valence-corrected chi connectivity index (χ0v) is 12.9. The summed E-state index contributed by atoms with van der Waals surface area (Å²) >= 11 is 0. The molecule has 0 saturated heterocycles. The van der Waals surface area contributed by atoms with Gasteiger partial charge in [-0.15, -0.1) is 0 Å². The largest absolute Gasteiger partial charge is 0.399 e. The maximum absolute atomic E-state index is 5.88. The van der Waals surface area contributed by atoms with E-state index in [1.165, 1.54) is 49.8 Å². The number of unbranched alkanes of at least 4 members (excludes halogenated alkanes) is 5. The molecule has 0 aliphatic rings. The molecule has 0 fully saturated rings. The van der Waals surface area contributed by atoms with Crippen LogP contribution in [0.15, 0.2) is 18.2 Å². The molecule has 0 bridgehead atoms. The van der Waals surface area contributed by atoms with Crippen LogP contribution < -0.4 is 10.6 Å². The fourth-order valence-electron chi connectivity index (χ4n) is 2.41. The summed E-state index contributed by atoms with van der Waals surface area (Å²) < 4.78 is 0. The molecular formula is C17H30N2. The molecule has 0 aromatic heterocycles. The topological polar surface area (TPSA) is 29.3 Å². The van der Waals surface area contributed by atoms with Gasteiger partial charge < -0.3 is 10.6 Å². The molecule has 0 unspecified atom stereocenters. The molecule has 0 aliphatic carbocycles. The van der Waals surface area contributed by atoms with Crippen LogP contribution in [0.1, 0.15) is 57.9 Å². The predicted molar refractivity (Wildman–Crippen MR) is 86.9 cm³/mol. The molecular weight excluding hydrogens is 232 g/mol. The fraction of sp³-hybridized carbons (Fsp3) is 0.647. The summed E-state index contributed by atoms with van der Waals surface area (Å²) in [6.07, 6.45) is 8.13. The van der Waals surface area contributed by atoms with Crippen molar-refractivity contribution in [2.75, 3.05) is 23.7 Å². The zero-order chi connectivity index (χ0) is 14.1. The van der Waals surface area contributed by atoms with Gasteiger partial charge >= 0.3 is 0 Å². The number of nitrogens with zero attached hydrogens (tertiary/aromatic N) is 1. The van der Waals surface area contributed by atoms with Crippen molar-refractivity contribution in [2.45, 2.75) is 59.3 Å². The lowest BCUT2D eigenvalue weighted by molar-refractivity contribution is 0.601. The number of hydrogen-bond donors (Lipinski definition) is 1. The van der Waals surface area contributed by atoms with Crippen molar-refractivity contribution in [1.82, 2.24) is 0 Å². The van der Waals surface area contributed by atoms with Crippen LogP contribution in [-0.2, 0) is 0 Å². The molecule has 2 N–H and O–H groups in total. The summed E-state index contributed by atoms with van der Waals surface area (Å²) in [6, 6.07) is 6.37. The van der Waals surface area contributed by atoms with Crippen LogP contribution in [0.25, 0.3) is 0 Å². The predicted octanol–water partition coefficient (Wildman–Crippen LogP) is 4.76. The standard InChI is InChI=1S/C17H30N2/c1-4-6-7-8-9-10-13-19(5-2)16-11-12-17(18)15(3)14-16/h11-12,14H,4-10,13,18H2,1-3H3. The molecule has 2 nitrogen and oxygen atoms in total. The van der Waals surface area contributed by atoms with Gasteiger partial charge in [0.1, 0.15) is 0 Å². The second kappa shape index (κ2) is 8.84. The van der Waals surface area contributed by atoms with Gasteiger partial charge in [-0.05, 0) is 44.0 Å². The number of anilines is 2. The van der Waals surface area contributed by atoms with E-state index in [0.29, 0.717) is 0 Å². The highest BCUT2D eigenvalue weighted by atomic mass is 15.1. The molecule has 1 aromatic rings. The highest BCUT2D eigenvalue weighted by Gasteiger charge is 2.05. The minimum atomic E-state index is 0.888. The van der Waals surface area contributed by atoms with Crippen LogP contribution in [-0.4, -0.2) is 13.1 Å². The maximum Gasteiger partial charge on any atom is 0.0370 e. The van der Waals surface area contributed by atoms with E-state index in [1.54, 1.807) is 0 Å². The Bertz CT molecular complexity index is 360. The summed E-state index contributed by atoms with van der Waals surface area (Å²) in [7, 11) is 0. The van der Waals surface area contributed by atoms with Crippen LogP contribution in [0, 0.1) is 6.92 Å². The summed E-state index contributed by atoms with van der Waals surface area (Å²) in [6.45, 7) is 8.80. The Morgan fingerprint density at radius 2 is 1.68 bits per heavy atom. The van der Waals surface area contributed by atoms with Gasteiger partial charge in [0, 0.05) is 24.5 Å².